The van der Waals surface area contributed by atoms with Gasteiger partial charge in [-0.05, 0) is 36.4 Å². The van der Waals surface area contributed by atoms with Gasteiger partial charge in [-0.15, -0.1) is 0 Å². The Labute approximate surface area is 138 Å². The van der Waals surface area contributed by atoms with Crippen molar-refractivity contribution < 1.29 is 23.4 Å². The second-order valence-corrected chi connectivity index (χ2v) is 4.93. The number of halogens is 1. The highest BCUT2D eigenvalue weighted by Crippen LogP contribution is 2.27. The number of aliphatic hydroxyl groups is 1. The number of aromatic nitrogens is 1. The molecule has 0 saturated heterocycles. The van der Waals surface area contributed by atoms with Gasteiger partial charge in [-0.1, -0.05) is 12.1 Å². The molecule has 0 atom stereocenters. The molecule has 0 aliphatic carbocycles. The first-order valence-electron chi connectivity index (χ1n) is 7.42. The second-order valence-electron chi connectivity index (χ2n) is 4.93. The molecule has 0 fully saturated rings. The lowest BCUT2D eigenvalue weighted by Crippen LogP contribution is -2.04. The first-order chi connectivity index (χ1) is 11.8. The molecule has 1 N–H and O–H groups in total. The van der Waals surface area contributed by atoms with E-state index in [4.69, 9.17) is 19.0 Å². The van der Waals surface area contributed by atoms with Crippen LogP contribution >= 0.6 is 0 Å². The van der Waals surface area contributed by atoms with E-state index in [0.29, 0.717) is 23.1 Å². The van der Waals surface area contributed by atoms with Crippen LogP contribution in [0.3, 0.4) is 0 Å². The zero-order valence-corrected chi connectivity index (χ0v) is 12.8. The van der Waals surface area contributed by atoms with Crippen molar-refractivity contribution in [2.75, 3.05) is 13.2 Å². The van der Waals surface area contributed by atoms with Gasteiger partial charge in [0, 0.05) is 5.56 Å². The molecule has 0 amide bonds. The van der Waals surface area contributed by atoms with Gasteiger partial charge < -0.3 is 19.0 Å². The number of nitrogens with zero attached hydrogens (tertiary/aromatic N) is 1. The molecular weight excluding hydrogens is 313 g/mol. The highest BCUT2D eigenvalue weighted by Gasteiger charge is 2.09. The van der Waals surface area contributed by atoms with Crippen molar-refractivity contribution in [2.24, 2.45) is 0 Å². The fourth-order valence-corrected chi connectivity index (χ4v) is 2.11. The number of oxazole rings is 1. The van der Waals surface area contributed by atoms with E-state index >= 15 is 0 Å². The van der Waals surface area contributed by atoms with Crippen LogP contribution in [0.1, 0.15) is 5.89 Å². The van der Waals surface area contributed by atoms with Crippen molar-refractivity contribution in [1.29, 1.82) is 0 Å². The minimum atomic E-state index is -0.304. The molecule has 24 heavy (non-hydrogen) atoms. The second kappa shape index (κ2) is 7.61. The van der Waals surface area contributed by atoms with E-state index < -0.39 is 0 Å². The summed E-state index contributed by atoms with van der Waals surface area (Å²) >= 11 is 0. The third-order valence-electron chi connectivity index (χ3n) is 3.23. The number of hydrogen-bond donors (Lipinski definition) is 1. The quantitative estimate of drug-likeness (QED) is 0.719. The first-order valence-corrected chi connectivity index (χ1v) is 7.42. The summed E-state index contributed by atoms with van der Waals surface area (Å²) in [6.07, 6.45) is 1.57. The fourth-order valence-electron chi connectivity index (χ4n) is 2.11. The summed E-state index contributed by atoms with van der Waals surface area (Å²) in [5.41, 5.74) is 0.738. The lowest BCUT2D eigenvalue weighted by molar-refractivity contribution is 0.189. The maximum Gasteiger partial charge on any atom is 0.232 e. The Morgan fingerprint density at radius 1 is 1.00 bits per heavy atom. The molecule has 0 aliphatic heterocycles. The molecular formula is C18H16FNO4. The van der Waals surface area contributed by atoms with Gasteiger partial charge in [0.25, 0.3) is 0 Å². The van der Waals surface area contributed by atoms with Crippen molar-refractivity contribution >= 4 is 0 Å². The Kier molecular flexibility index (Phi) is 5.08. The smallest absolute Gasteiger partial charge is 0.232 e. The highest BCUT2D eigenvalue weighted by atomic mass is 19.1. The Hall–Kier alpha value is -2.86. The molecule has 6 heteroatoms. The topological polar surface area (TPSA) is 64.7 Å². The predicted molar refractivity (Wildman–Crippen MR) is 85.3 cm³/mol. The Morgan fingerprint density at radius 2 is 1.71 bits per heavy atom. The molecule has 1 heterocycles. The summed E-state index contributed by atoms with van der Waals surface area (Å²) in [7, 11) is 0. The summed E-state index contributed by atoms with van der Waals surface area (Å²) in [5.74, 6) is 1.70. The molecule has 3 aromatic rings. The van der Waals surface area contributed by atoms with Crippen molar-refractivity contribution in [3.63, 3.8) is 0 Å². The van der Waals surface area contributed by atoms with Gasteiger partial charge in [0.1, 0.15) is 12.4 Å². The molecule has 1 aromatic heterocycles. The predicted octanol–water partition coefficient (Wildman–Crippen LogP) is 3.43. The van der Waals surface area contributed by atoms with Crippen LogP contribution in [0.5, 0.6) is 11.5 Å². The number of benzene rings is 2. The minimum absolute atomic E-state index is 0.0743. The van der Waals surface area contributed by atoms with Crippen LogP contribution < -0.4 is 9.47 Å². The number of rotatable bonds is 7. The van der Waals surface area contributed by atoms with Crippen LogP contribution in [0.4, 0.5) is 4.39 Å². The number of hydrogen-bond acceptors (Lipinski definition) is 5. The lowest BCUT2D eigenvalue weighted by Gasteiger charge is -2.10. The minimum Gasteiger partial charge on any atom is -0.487 e. The van der Waals surface area contributed by atoms with Crippen LogP contribution in [-0.4, -0.2) is 23.3 Å². The maximum atomic E-state index is 12.9. The van der Waals surface area contributed by atoms with E-state index in [0.717, 1.165) is 5.56 Å². The van der Waals surface area contributed by atoms with E-state index in [9.17, 15) is 4.39 Å². The van der Waals surface area contributed by atoms with Crippen molar-refractivity contribution in [3.8, 4) is 22.8 Å². The van der Waals surface area contributed by atoms with Gasteiger partial charge in [-0.2, -0.15) is 0 Å². The highest BCUT2D eigenvalue weighted by molar-refractivity contribution is 5.55. The molecule has 0 radical (unpaired) electrons. The molecule has 5 nitrogen and oxygen atoms in total. The zero-order valence-electron chi connectivity index (χ0n) is 12.8. The molecule has 2 aromatic carbocycles. The molecule has 0 bridgehead atoms. The van der Waals surface area contributed by atoms with Crippen molar-refractivity contribution in [3.05, 3.63) is 66.4 Å². The van der Waals surface area contributed by atoms with E-state index in [1.54, 1.807) is 30.5 Å². The largest absolute Gasteiger partial charge is 0.487 e. The number of aliphatic hydroxyl groups excluding tert-OH is 1. The molecule has 0 unspecified atom stereocenters. The normalized spacial score (nSPS) is 10.6. The van der Waals surface area contributed by atoms with Crippen LogP contribution in [0, 0.1) is 5.82 Å². The third-order valence-corrected chi connectivity index (χ3v) is 3.23. The molecule has 124 valence electrons. The van der Waals surface area contributed by atoms with Gasteiger partial charge in [0.2, 0.25) is 5.89 Å². The van der Waals surface area contributed by atoms with Crippen molar-refractivity contribution in [1.82, 2.24) is 4.98 Å². The Balaban J connectivity index is 1.66. The summed E-state index contributed by atoms with van der Waals surface area (Å²) in [5, 5.41) is 8.84. The van der Waals surface area contributed by atoms with Crippen LogP contribution in [0.25, 0.3) is 11.3 Å². The van der Waals surface area contributed by atoms with Gasteiger partial charge in [-0.3, -0.25) is 0 Å². The monoisotopic (exact) mass is 329 g/mol. The van der Waals surface area contributed by atoms with Gasteiger partial charge in [0.05, 0.1) is 12.8 Å². The number of para-hydroxylation sites is 2. The molecule has 0 aliphatic rings. The van der Waals surface area contributed by atoms with E-state index in [-0.39, 0.29) is 25.6 Å². The average Bonchev–Trinajstić information content (AvgIpc) is 3.08. The van der Waals surface area contributed by atoms with E-state index in [1.807, 2.05) is 12.1 Å². The summed E-state index contributed by atoms with van der Waals surface area (Å²) < 4.78 is 29.6. The Bertz CT molecular complexity index is 786. The average molecular weight is 329 g/mol. The van der Waals surface area contributed by atoms with Crippen LogP contribution in [0.2, 0.25) is 0 Å². The number of ether oxygens (including phenoxy) is 2. The van der Waals surface area contributed by atoms with Crippen LogP contribution in [0.15, 0.2) is 59.1 Å². The van der Waals surface area contributed by atoms with Gasteiger partial charge in [-0.25, -0.2) is 9.37 Å². The fraction of sp³-hybridized carbons (Fsp3) is 0.167. The molecule has 3 rings (SSSR count). The van der Waals surface area contributed by atoms with Crippen molar-refractivity contribution in [2.45, 2.75) is 6.61 Å². The van der Waals surface area contributed by atoms with E-state index in [2.05, 4.69) is 4.98 Å². The summed E-state index contributed by atoms with van der Waals surface area (Å²) in [6.45, 7) is 0.240. The van der Waals surface area contributed by atoms with Crippen LogP contribution in [-0.2, 0) is 6.61 Å². The lowest BCUT2D eigenvalue weighted by atomic mass is 10.2. The zero-order chi connectivity index (χ0) is 16.8. The van der Waals surface area contributed by atoms with Gasteiger partial charge >= 0.3 is 0 Å². The third kappa shape index (κ3) is 3.91. The first kappa shape index (κ1) is 16.0. The maximum absolute atomic E-state index is 12.9. The molecule has 0 spiro atoms. The standard InChI is InChI=1S/C18H16FNO4/c19-14-7-5-13(6-8-14)17-11-20-18(24-17)12-23-16-4-2-1-3-15(16)22-10-9-21/h1-8,11,21H,9-10,12H2. The molecule has 0 saturated carbocycles. The summed E-state index contributed by atoms with van der Waals surface area (Å²) in [4.78, 5) is 4.16. The Morgan fingerprint density at radius 3 is 2.42 bits per heavy atom. The van der Waals surface area contributed by atoms with Gasteiger partial charge in [0.15, 0.2) is 23.9 Å². The van der Waals surface area contributed by atoms with E-state index in [1.165, 1.54) is 12.1 Å². The summed E-state index contributed by atoms with van der Waals surface area (Å²) in [6, 6.07) is 13.1. The SMILES string of the molecule is OCCOc1ccccc1OCc1ncc(-c2ccc(F)cc2)o1.